The maximum atomic E-state index is 12.6. The van der Waals surface area contributed by atoms with Crippen LogP contribution in [0.2, 0.25) is 0 Å². The van der Waals surface area contributed by atoms with Gasteiger partial charge >= 0.3 is 0 Å². The van der Waals surface area contributed by atoms with Crippen LogP contribution in [0.4, 0.5) is 5.69 Å². The first-order valence-electron chi connectivity index (χ1n) is 10.4. The third kappa shape index (κ3) is 6.98. The molecule has 0 saturated heterocycles. The van der Waals surface area contributed by atoms with Gasteiger partial charge in [0.15, 0.2) is 0 Å². The molecule has 1 aliphatic carbocycles. The second-order valence-corrected chi connectivity index (χ2v) is 7.82. The van der Waals surface area contributed by atoms with E-state index in [0.717, 1.165) is 25.8 Å². The third-order valence-corrected chi connectivity index (χ3v) is 5.26. The molecular weight excluding hydrogens is 338 g/mol. The minimum Gasteiger partial charge on any atom is -0.349 e. The molecule has 5 nitrogen and oxygen atoms in total. The van der Waals surface area contributed by atoms with Crippen molar-refractivity contribution in [2.24, 2.45) is 0 Å². The van der Waals surface area contributed by atoms with Crippen molar-refractivity contribution in [2.45, 2.75) is 77.8 Å². The zero-order valence-electron chi connectivity index (χ0n) is 17.1. The Morgan fingerprint density at radius 3 is 2.52 bits per heavy atom. The topological polar surface area (TPSA) is 61.4 Å². The minimum absolute atomic E-state index is 0.0682. The number of hydrogen-bond donors (Lipinski definition) is 2. The molecule has 2 N–H and O–H groups in total. The Hall–Kier alpha value is -1.88. The largest absolute Gasteiger partial charge is 0.349 e. The third-order valence-electron chi connectivity index (χ3n) is 5.26. The molecule has 1 aromatic carbocycles. The number of rotatable bonds is 10. The molecule has 27 heavy (non-hydrogen) atoms. The number of benzene rings is 1. The van der Waals surface area contributed by atoms with E-state index < -0.39 is 0 Å². The smallest absolute Gasteiger partial charge is 0.253 e. The Morgan fingerprint density at radius 1 is 1.15 bits per heavy atom. The fraction of sp³-hybridized carbons (Fsp3) is 0.636. The van der Waals surface area contributed by atoms with Crippen molar-refractivity contribution in [2.75, 3.05) is 18.4 Å². The average Bonchev–Trinajstić information content (AvgIpc) is 3.14. The standard InChI is InChI=1S/C22H35N3O2/c1-4-5-10-15-25(17(2)3)16-21(26)24-20-14-9-8-13-19(20)22(27)23-18-11-6-7-12-18/h8-9,13-14,17-18H,4-7,10-12,15-16H2,1-3H3,(H,23,27)(H,24,26). The molecule has 0 aromatic heterocycles. The second kappa shape index (κ2) is 11.1. The van der Waals surface area contributed by atoms with Crippen LogP contribution in [0, 0.1) is 0 Å². The highest BCUT2D eigenvalue weighted by molar-refractivity contribution is 6.04. The molecule has 0 radical (unpaired) electrons. The molecule has 1 aliphatic rings. The van der Waals surface area contributed by atoms with E-state index in [1.807, 2.05) is 12.1 Å². The number of unbranched alkanes of at least 4 members (excludes halogenated alkanes) is 2. The molecule has 0 aliphatic heterocycles. The fourth-order valence-corrected chi connectivity index (χ4v) is 3.58. The average molecular weight is 374 g/mol. The fourth-order valence-electron chi connectivity index (χ4n) is 3.58. The Morgan fingerprint density at radius 2 is 1.85 bits per heavy atom. The van der Waals surface area contributed by atoms with Crippen molar-refractivity contribution in [3.05, 3.63) is 29.8 Å². The van der Waals surface area contributed by atoms with E-state index >= 15 is 0 Å². The van der Waals surface area contributed by atoms with Gasteiger partial charge in [-0.1, -0.05) is 44.7 Å². The highest BCUT2D eigenvalue weighted by Gasteiger charge is 2.21. The Labute approximate surface area is 163 Å². The normalized spacial score (nSPS) is 14.7. The van der Waals surface area contributed by atoms with Crippen LogP contribution in [0.25, 0.3) is 0 Å². The summed E-state index contributed by atoms with van der Waals surface area (Å²) in [6.07, 6.45) is 7.88. The number of nitrogens with one attached hydrogen (secondary N) is 2. The van der Waals surface area contributed by atoms with Gasteiger partial charge in [0.25, 0.3) is 5.91 Å². The molecule has 1 aromatic rings. The van der Waals surface area contributed by atoms with Crippen molar-refractivity contribution >= 4 is 17.5 Å². The van der Waals surface area contributed by atoms with Crippen LogP contribution in [0.5, 0.6) is 0 Å². The van der Waals surface area contributed by atoms with Crippen LogP contribution in [-0.4, -0.2) is 41.9 Å². The van der Waals surface area contributed by atoms with E-state index in [-0.39, 0.29) is 17.9 Å². The molecule has 0 spiro atoms. The van der Waals surface area contributed by atoms with Gasteiger partial charge in [0.05, 0.1) is 17.8 Å². The summed E-state index contributed by atoms with van der Waals surface area (Å²) in [4.78, 5) is 27.4. The Bertz CT molecular complexity index is 609. The summed E-state index contributed by atoms with van der Waals surface area (Å²) in [7, 11) is 0. The van der Waals surface area contributed by atoms with Crippen LogP contribution in [-0.2, 0) is 4.79 Å². The van der Waals surface area contributed by atoms with Crippen LogP contribution in [0.15, 0.2) is 24.3 Å². The number of anilines is 1. The molecule has 1 fully saturated rings. The van der Waals surface area contributed by atoms with Gasteiger partial charge in [-0.05, 0) is 51.8 Å². The van der Waals surface area contributed by atoms with Gasteiger partial charge in [-0.25, -0.2) is 0 Å². The summed E-state index contributed by atoms with van der Waals surface area (Å²) in [6.45, 7) is 7.67. The zero-order chi connectivity index (χ0) is 19.6. The molecular formula is C22H35N3O2. The molecule has 150 valence electrons. The molecule has 0 heterocycles. The maximum Gasteiger partial charge on any atom is 0.253 e. The van der Waals surface area contributed by atoms with E-state index in [9.17, 15) is 9.59 Å². The minimum atomic E-state index is -0.0959. The number of para-hydroxylation sites is 1. The molecule has 0 unspecified atom stereocenters. The van der Waals surface area contributed by atoms with Gasteiger partial charge in [0.2, 0.25) is 5.91 Å². The summed E-state index contributed by atoms with van der Waals surface area (Å²) in [6, 6.07) is 7.85. The van der Waals surface area contributed by atoms with Crippen LogP contribution in [0.1, 0.15) is 76.1 Å². The van der Waals surface area contributed by atoms with E-state index in [2.05, 4.69) is 36.3 Å². The monoisotopic (exact) mass is 373 g/mol. The van der Waals surface area contributed by atoms with E-state index in [1.54, 1.807) is 12.1 Å². The van der Waals surface area contributed by atoms with Gasteiger partial charge in [0, 0.05) is 12.1 Å². The molecule has 5 heteroatoms. The quantitative estimate of drug-likeness (QED) is 0.604. The van der Waals surface area contributed by atoms with Gasteiger partial charge in [-0.3, -0.25) is 14.5 Å². The summed E-state index contributed by atoms with van der Waals surface area (Å²) in [5, 5.41) is 6.05. The van der Waals surface area contributed by atoms with E-state index in [4.69, 9.17) is 0 Å². The van der Waals surface area contributed by atoms with Crippen molar-refractivity contribution in [3.63, 3.8) is 0 Å². The lowest BCUT2D eigenvalue weighted by atomic mass is 10.1. The number of carbonyl (C=O) groups is 2. The first-order chi connectivity index (χ1) is 13.0. The maximum absolute atomic E-state index is 12.6. The van der Waals surface area contributed by atoms with Crippen molar-refractivity contribution < 1.29 is 9.59 Å². The lowest BCUT2D eigenvalue weighted by Gasteiger charge is -2.26. The number of hydrogen-bond acceptors (Lipinski definition) is 3. The zero-order valence-corrected chi connectivity index (χ0v) is 17.1. The summed E-state index contributed by atoms with van der Waals surface area (Å²) in [5.41, 5.74) is 1.13. The molecule has 2 amide bonds. The van der Waals surface area contributed by atoms with Crippen LogP contribution < -0.4 is 10.6 Å². The summed E-state index contributed by atoms with van der Waals surface area (Å²) in [5.74, 6) is -0.164. The predicted octanol–water partition coefficient (Wildman–Crippen LogP) is 4.20. The second-order valence-electron chi connectivity index (χ2n) is 7.82. The van der Waals surface area contributed by atoms with E-state index in [0.29, 0.717) is 23.8 Å². The van der Waals surface area contributed by atoms with Crippen molar-refractivity contribution in [1.29, 1.82) is 0 Å². The molecule has 1 saturated carbocycles. The molecule has 0 bridgehead atoms. The number of nitrogens with zero attached hydrogens (tertiary/aromatic N) is 1. The SMILES string of the molecule is CCCCCN(CC(=O)Nc1ccccc1C(=O)NC1CCCC1)C(C)C. The molecule has 0 atom stereocenters. The predicted molar refractivity (Wildman–Crippen MR) is 111 cm³/mol. The lowest BCUT2D eigenvalue weighted by Crippen LogP contribution is -2.39. The van der Waals surface area contributed by atoms with Crippen molar-refractivity contribution in [1.82, 2.24) is 10.2 Å². The number of carbonyl (C=O) groups excluding carboxylic acids is 2. The van der Waals surface area contributed by atoms with Crippen molar-refractivity contribution in [3.8, 4) is 0 Å². The van der Waals surface area contributed by atoms with Crippen LogP contribution >= 0.6 is 0 Å². The molecule has 2 rings (SSSR count). The van der Waals surface area contributed by atoms with E-state index in [1.165, 1.54) is 25.7 Å². The van der Waals surface area contributed by atoms with Gasteiger partial charge in [-0.15, -0.1) is 0 Å². The Balaban J connectivity index is 1.96. The summed E-state index contributed by atoms with van der Waals surface area (Å²) < 4.78 is 0. The van der Waals surface area contributed by atoms with Gasteiger partial charge in [0.1, 0.15) is 0 Å². The lowest BCUT2D eigenvalue weighted by molar-refractivity contribution is -0.117. The van der Waals surface area contributed by atoms with Gasteiger partial charge < -0.3 is 10.6 Å². The summed E-state index contributed by atoms with van der Waals surface area (Å²) >= 11 is 0. The van der Waals surface area contributed by atoms with Gasteiger partial charge in [-0.2, -0.15) is 0 Å². The van der Waals surface area contributed by atoms with Crippen LogP contribution in [0.3, 0.4) is 0 Å². The highest BCUT2D eigenvalue weighted by Crippen LogP contribution is 2.20. The Kier molecular flexibility index (Phi) is 8.79. The first kappa shape index (κ1) is 21.4. The first-order valence-corrected chi connectivity index (χ1v) is 10.4. The highest BCUT2D eigenvalue weighted by atomic mass is 16.2. The number of amides is 2.